The molecule has 1 heterocycles. The average Bonchev–Trinajstić information content (AvgIpc) is 2.78. The molecular weight excluding hydrogens is 306 g/mol. The lowest BCUT2D eigenvalue weighted by atomic mass is 9.84. The molecule has 0 aliphatic heterocycles. The van der Waals surface area contributed by atoms with Gasteiger partial charge in [0.25, 0.3) is 0 Å². The Morgan fingerprint density at radius 3 is 2.74 bits per heavy atom. The van der Waals surface area contributed by atoms with Crippen molar-refractivity contribution in [3.8, 4) is 0 Å². The molecule has 2 rings (SSSR count). The number of aliphatic hydroxyl groups excluding tert-OH is 1. The molecule has 1 aromatic rings. The van der Waals surface area contributed by atoms with E-state index in [1.807, 2.05) is 4.68 Å². The molecule has 5 heteroatoms. The molecule has 0 radical (unpaired) electrons. The Morgan fingerprint density at radius 2 is 2.11 bits per heavy atom. The summed E-state index contributed by atoms with van der Waals surface area (Å²) in [4.78, 5) is 2.13. The Bertz CT molecular complexity index is 399. The van der Waals surface area contributed by atoms with Gasteiger partial charge in [0, 0.05) is 6.54 Å². The van der Waals surface area contributed by atoms with Gasteiger partial charge in [-0.05, 0) is 48.8 Å². The molecule has 1 aliphatic rings. The highest BCUT2D eigenvalue weighted by atomic mass is 79.9. The Balaban J connectivity index is 2.10. The van der Waals surface area contributed by atoms with Crippen molar-refractivity contribution in [2.24, 2.45) is 5.92 Å². The van der Waals surface area contributed by atoms with Crippen molar-refractivity contribution in [2.75, 3.05) is 20.6 Å². The molecule has 108 valence electrons. The van der Waals surface area contributed by atoms with E-state index in [2.05, 4.69) is 40.0 Å². The predicted octanol–water partition coefficient (Wildman–Crippen LogP) is 2.82. The van der Waals surface area contributed by atoms with E-state index in [9.17, 15) is 5.11 Å². The van der Waals surface area contributed by atoms with E-state index < -0.39 is 0 Å². The van der Waals surface area contributed by atoms with E-state index in [4.69, 9.17) is 0 Å². The van der Waals surface area contributed by atoms with Crippen molar-refractivity contribution in [3.05, 3.63) is 16.4 Å². The van der Waals surface area contributed by atoms with Crippen molar-refractivity contribution < 1.29 is 5.11 Å². The Morgan fingerprint density at radius 1 is 1.42 bits per heavy atom. The summed E-state index contributed by atoms with van der Waals surface area (Å²) in [5.41, 5.74) is 0.953. The largest absolute Gasteiger partial charge is 0.386 e. The fraction of sp³-hybridized carbons (Fsp3) is 0.786. The molecule has 0 amide bonds. The number of aromatic nitrogens is 2. The molecular formula is C14H24BrN3O. The summed E-state index contributed by atoms with van der Waals surface area (Å²) in [5.74, 6) is 0.389. The minimum absolute atomic E-state index is 0.389. The van der Waals surface area contributed by atoms with Crippen LogP contribution in [-0.2, 0) is 6.54 Å². The second-order valence-electron chi connectivity index (χ2n) is 5.75. The summed E-state index contributed by atoms with van der Waals surface area (Å²) in [6.07, 6.45) is 7.47. The zero-order valence-electron chi connectivity index (χ0n) is 11.8. The van der Waals surface area contributed by atoms with E-state index >= 15 is 0 Å². The zero-order valence-corrected chi connectivity index (χ0v) is 13.4. The van der Waals surface area contributed by atoms with Crippen LogP contribution >= 0.6 is 15.9 Å². The monoisotopic (exact) mass is 329 g/mol. The second kappa shape index (κ2) is 6.86. The van der Waals surface area contributed by atoms with Crippen LogP contribution in [0.2, 0.25) is 0 Å². The summed E-state index contributed by atoms with van der Waals surface area (Å²) >= 11 is 3.53. The predicted molar refractivity (Wildman–Crippen MR) is 80.0 cm³/mol. The van der Waals surface area contributed by atoms with E-state index in [1.54, 1.807) is 6.20 Å². The van der Waals surface area contributed by atoms with Gasteiger partial charge in [0.2, 0.25) is 0 Å². The van der Waals surface area contributed by atoms with E-state index in [0.717, 1.165) is 36.1 Å². The molecule has 1 unspecified atom stereocenters. The van der Waals surface area contributed by atoms with Crippen LogP contribution in [0.4, 0.5) is 0 Å². The van der Waals surface area contributed by atoms with Crippen molar-refractivity contribution >= 4 is 15.9 Å². The highest BCUT2D eigenvalue weighted by molar-refractivity contribution is 9.10. The van der Waals surface area contributed by atoms with Crippen molar-refractivity contribution in [1.82, 2.24) is 14.7 Å². The molecule has 0 saturated heterocycles. The molecule has 1 fully saturated rings. The van der Waals surface area contributed by atoms with Gasteiger partial charge in [-0.1, -0.05) is 19.3 Å². The molecule has 19 heavy (non-hydrogen) atoms. The number of rotatable bonds is 5. The summed E-state index contributed by atoms with van der Waals surface area (Å²) in [7, 11) is 4.10. The fourth-order valence-corrected chi connectivity index (χ4v) is 3.34. The van der Waals surface area contributed by atoms with Crippen LogP contribution in [0.5, 0.6) is 0 Å². The van der Waals surface area contributed by atoms with Crippen molar-refractivity contribution in [2.45, 2.75) is 44.8 Å². The zero-order chi connectivity index (χ0) is 13.8. The van der Waals surface area contributed by atoms with Gasteiger partial charge in [0.15, 0.2) is 0 Å². The van der Waals surface area contributed by atoms with Crippen LogP contribution in [0.25, 0.3) is 0 Å². The van der Waals surface area contributed by atoms with Crippen LogP contribution in [-0.4, -0.2) is 40.4 Å². The minimum Gasteiger partial charge on any atom is -0.386 e. The highest BCUT2D eigenvalue weighted by Crippen LogP contribution is 2.36. The molecule has 1 aromatic heterocycles. The highest BCUT2D eigenvalue weighted by Gasteiger charge is 2.27. The minimum atomic E-state index is -0.390. The van der Waals surface area contributed by atoms with Gasteiger partial charge in [-0.25, -0.2) is 0 Å². The maximum Gasteiger partial charge on any atom is 0.0996 e. The van der Waals surface area contributed by atoms with Crippen LogP contribution in [0.3, 0.4) is 0 Å². The quantitative estimate of drug-likeness (QED) is 0.903. The fourth-order valence-electron chi connectivity index (χ4n) is 2.81. The maximum atomic E-state index is 10.7. The number of halogens is 1. The number of likely N-dealkylation sites (N-methyl/N-ethyl adjacent to an activating group) is 1. The van der Waals surface area contributed by atoms with Crippen LogP contribution in [0, 0.1) is 5.92 Å². The average molecular weight is 330 g/mol. The van der Waals surface area contributed by atoms with Crippen LogP contribution < -0.4 is 0 Å². The van der Waals surface area contributed by atoms with E-state index in [-0.39, 0.29) is 6.10 Å². The number of nitrogens with zero attached hydrogens (tertiary/aromatic N) is 3. The number of hydrogen-bond donors (Lipinski definition) is 1. The molecule has 0 spiro atoms. The number of hydrogen-bond acceptors (Lipinski definition) is 3. The lowest BCUT2D eigenvalue weighted by molar-refractivity contribution is 0.0756. The van der Waals surface area contributed by atoms with Crippen molar-refractivity contribution in [1.29, 1.82) is 0 Å². The smallest absolute Gasteiger partial charge is 0.0996 e. The topological polar surface area (TPSA) is 41.3 Å². The lowest BCUT2D eigenvalue weighted by Gasteiger charge is -2.27. The van der Waals surface area contributed by atoms with Gasteiger partial charge < -0.3 is 10.0 Å². The first-order valence-corrected chi connectivity index (χ1v) is 7.93. The van der Waals surface area contributed by atoms with Gasteiger partial charge >= 0.3 is 0 Å². The normalized spacial score (nSPS) is 19.0. The van der Waals surface area contributed by atoms with E-state index in [1.165, 1.54) is 19.3 Å². The molecule has 1 aliphatic carbocycles. The first kappa shape index (κ1) is 15.0. The third-order valence-electron chi connectivity index (χ3n) is 3.97. The van der Waals surface area contributed by atoms with Gasteiger partial charge in [0.1, 0.15) is 0 Å². The summed E-state index contributed by atoms with van der Waals surface area (Å²) in [6.45, 7) is 1.75. The standard InChI is InChI=1S/C14H24BrN3O/c1-17(2)8-9-18-13(12(15)10-16-18)14(19)11-6-4-3-5-7-11/h10-11,14,19H,3-9H2,1-2H3. The Hall–Kier alpha value is -0.390. The Kier molecular flexibility index (Phi) is 5.42. The van der Waals surface area contributed by atoms with E-state index in [0.29, 0.717) is 5.92 Å². The summed E-state index contributed by atoms with van der Waals surface area (Å²) < 4.78 is 2.88. The molecule has 0 aromatic carbocycles. The van der Waals surface area contributed by atoms with Crippen LogP contribution in [0.15, 0.2) is 10.7 Å². The summed E-state index contributed by atoms with van der Waals surface area (Å²) in [6, 6.07) is 0. The molecule has 1 atom stereocenters. The first-order chi connectivity index (χ1) is 9.09. The SMILES string of the molecule is CN(C)CCn1ncc(Br)c1C(O)C1CCCCC1. The molecule has 1 N–H and O–H groups in total. The summed E-state index contributed by atoms with van der Waals surface area (Å²) in [5, 5.41) is 15.0. The second-order valence-corrected chi connectivity index (χ2v) is 6.60. The van der Waals surface area contributed by atoms with Gasteiger partial charge in [-0.15, -0.1) is 0 Å². The lowest BCUT2D eigenvalue weighted by Crippen LogP contribution is -2.24. The van der Waals surface area contributed by atoms with Gasteiger partial charge in [0.05, 0.1) is 29.0 Å². The molecule has 0 bridgehead atoms. The molecule has 1 saturated carbocycles. The van der Waals surface area contributed by atoms with Gasteiger partial charge in [-0.3, -0.25) is 4.68 Å². The first-order valence-electron chi connectivity index (χ1n) is 7.13. The number of aliphatic hydroxyl groups is 1. The van der Waals surface area contributed by atoms with Crippen molar-refractivity contribution in [3.63, 3.8) is 0 Å². The van der Waals surface area contributed by atoms with Crippen LogP contribution in [0.1, 0.15) is 43.9 Å². The third kappa shape index (κ3) is 3.80. The molecule has 4 nitrogen and oxygen atoms in total. The third-order valence-corrected chi connectivity index (χ3v) is 4.58. The van der Waals surface area contributed by atoms with Gasteiger partial charge in [-0.2, -0.15) is 5.10 Å². The Labute approximate surface area is 123 Å². The maximum absolute atomic E-state index is 10.7.